The van der Waals surface area contributed by atoms with Crippen molar-refractivity contribution in [1.82, 2.24) is 0 Å². The van der Waals surface area contributed by atoms with Crippen LogP contribution in [0.4, 0.5) is 0 Å². The number of hydrogen-bond acceptors (Lipinski definition) is 3. The maximum atomic E-state index is 11.3. The summed E-state index contributed by atoms with van der Waals surface area (Å²) in [7, 11) is 1.68. The predicted molar refractivity (Wildman–Crippen MR) is 77.7 cm³/mol. The van der Waals surface area contributed by atoms with E-state index in [9.17, 15) is 4.79 Å². The van der Waals surface area contributed by atoms with E-state index < -0.39 is 5.91 Å². The van der Waals surface area contributed by atoms with Gasteiger partial charge in [-0.3, -0.25) is 4.79 Å². The third kappa shape index (κ3) is 2.61. The summed E-state index contributed by atoms with van der Waals surface area (Å²) < 4.78 is 5.46. The fraction of sp³-hybridized carbons (Fsp3) is 0.500. The van der Waals surface area contributed by atoms with Gasteiger partial charge in [-0.25, -0.2) is 0 Å². The van der Waals surface area contributed by atoms with Crippen LogP contribution in [-0.4, -0.2) is 25.2 Å². The van der Waals surface area contributed by atoms with Gasteiger partial charge in [0.1, 0.15) is 0 Å². The molecule has 0 saturated carbocycles. The SMILES string of the molecule is CO[C@H]1Cc2ccc(C(N)=O)cc2C(C)(C)[C@@H]1N.Cl. The molecule has 2 rings (SSSR count). The van der Waals surface area contributed by atoms with Gasteiger partial charge in [-0.2, -0.15) is 0 Å². The van der Waals surface area contributed by atoms with Gasteiger partial charge in [-0.15, -0.1) is 12.4 Å². The molecule has 4 nitrogen and oxygen atoms in total. The monoisotopic (exact) mass is 284 g/mol. The molecule has 0 saturated heterocycles. The Balaban J connectivity index is 0.00000180. The van der Waals surface area contributed by atoms with Crippen LogP contribution < -0.4 is 11.5 Å². The number of primary amides is 1. The van der Waals surface area contributed by atoms with Crippen LogP contribution in [0.3, 0.4) is 0 Å². The summed E-state index contributed by atoms with van der Waals surface area (Å²) in [5, 5.41) is 0. The average Bonchev–Trinajstić information content (AvgIpc) is 2.33. The van der Waals surface area contributed by atoms with Gasteiger partial charge in [0.2, 0.25) is 5.91 Å². The number of halogens is 1. The number of fused-ring (bicyclic) bond motifs is 1. The lowest BCUT2D eigenvalue weighted by atomic mass is 9.68. The third-order valence-corrected chi connectivity index (χ3v) is 4.05. The number of carbonyl (C=O) groups excluding carboxylic acids is 1. The maximum Gasteiger partial charge on any atom is 0.248 e. The van der Waals surface area contributed by atoms with Crippen LogP contribution in [0.1, 0.15) is 35.3 Å². The second-order valence-electron chi connectivity index (χ2n) is 5.46. The van der Waals surface area contributed by atoms with Crippen LogP contribution in [0, 0.1) is 0 Å². The maximum absolute atomic E-state index is 11.3. The Morgan fingerprint density at radius 3 is 2.58 bits per heavy atom. The van der Waals surface area contributed by atoms with E-state index in [1.807, 2.05) is 12.1 Å². The smallest absolute Gasteiger partial charge is 0.248 e. The summed E-state index contributed by atoms with van der Waals surface area (Å²) >= 11 is 0. The molecule has 0 unspecified atom stereocenters. The lowest BCUT2D eigenvalue weighted by molar-refractivity contribution is 0.0506. The van der Waals surface area contributed by atoms with Gasteiger partial charge in [0.25, 0.3) is 0 Å². The van der Waals surface area contributed by atoms with Gasteiger partial charge in [0.15, 0.2) is 0 Å². The van der Waals surface area contributed by atoms with Gasteiger partial charge < -0.3 is 16.2 Å². The molecule has 0 aromatic heterocycles. The Kier molecular flexibility index (Phi) is 4.61. The Morgan fingerprint density at radius 2 is 2.05 bits per heavy atom. The van der Waals surface area contributed by atoms with E-state index in [4.69, 9.17) is 16.2 Å². The second-order valence-corrected chi connectivity index (χ2v) is 5.46. The van der Waals surface area contributed by atoms with Crippen molar-refractivity contribution in [2.45, 2.75) is 37.8 Å². The first-order valence-corrected chi connectivity index (χ1v) is 6.09. The zero-order valence-electron chi connectivity index (χ0n) is 11.5. The Hall–Kier alpha value is -1.10. The molecule has 0 bridgehead atoms. The van der Waals surface area contributed by atoms with Gasteiger partial charge >= 0.3 is 0 Å². The van der Waals surface area contributed by atoms with Crippen molar-refractivity contribution >= 4 is 18.3 Å². The number of nitrogens with two attached hydrogens (primary N) is 2. The first-order chi connectivity index (χ1) is 8.37. The van der Waals surface area contributed by atoms with E-state index in [0.717, 1.165) is 12.0 Å². The number of amides is 1. The molecule has 0 spiro atoms. The molecule has 1 aromatic carbocycles. The molecule has 19 heavy (non-hydrogen) atoms. The minimum Gasteiger partial charge on any atom is -0.379 e. The largest absolute Gasteiger partial charge is 0.379 e. The van der Waals surface area contributed by atoms with Crippen molar-refractivity contribution < 1.29 is 9.53 Å². The van der Waals surface area contributed by atoms with Crippen molar-refractivity contribution in [2.24, 2.45) is 11.5 Å². The number of methoxy groups -OCH3 is 1. The second kappa shape index (κ2) is 5.49. The quantitative estimate of drug-likeness (QED) is 0.861. The summed E-state index contributed by atoms with van der Waals surface area (Å²) in [4.78, 5) is 11.3. The minimum atomic E-state index is -0.406. The lowest BCUT2D eigenvalue weighted by Gasteiger charge is -2.42. The summed E-state index contributed by atoms with van der Waals surface area (Å²) in [6.07, 6.45) is 0.780. The highest BCUT2D eigenvalue weighted by Gasteiger charge is 2.40. The summed E-state index contributed by atoms with van der Waals surface area (Å²) in [5.41, 5.74) is 14.2. The van der Waals surface area contributed by atoms with Crippen LogP contribution in [0.5, 0.6) is 0 Å². The number of ether oxygens (including phenoxy) is 1. The van der Waals surface area contributed by atoms with Crippen molar-refractivity contribution in [3.8, 4) is 0 Å². The van der Waals surface area contributed by atoms with Crippen molar-refractivity contribution in [3.05, 3.63) is 34.9 Å². The van der Waals surface area contributed by atoms with Gasteiger partial charge in [-0.1, -0.05) is 19.9 Å². The Morgan fingerprint density at radius 1 is 1.42 bits per heavy atom. The molecule has 1 aliphatic rings. The molecule has 4 N–H and O–H groups in total. The van der Waals surface area contributed by atoms with Crippen LogP contribution in [0.2, 0.25) is 0 Å². The fourth-order valence-corrected chi connectivity index (χ4v) is 2.73. The molecule has 0 heterocycles. The van der Waals surface area contributed by atoms with E-state index in [0.29, 0.717) is 5.56 Å². The standard InChI is InChI=1S/C14H20N2O2.ClH/c1-14(2)10-6-9(13(16)17)5-4-8(10)7-11(18-3)12(14)15;/h4-6,11-12H,7,15H2,1-3H3,(H2,16,17);1H/t11-,12+;/m0./s1. The van der Waals surface area contributed by atoms with Gasteiger partial charge in [-0.05, 0) is 23.3 Å². The highest BCUT2D eigenvalue weighted by molar-refractivity contribution is 5.93. The van der Waals surface area contributed by atoms with Crippen LogP contribution in [0.25, 0.3) is 0 Å². The molecule has 0 fully saturated rings. The lowest BCUT2D eigenvalue weighted by Crippen LogP contribution is -2.54. The minimum absolute atomic E-state index is 0. The molecule has 2 atom stereocenters. The molecule has 0 radical (unpaired) electrons. The summed E-state index contributed by atoms with van der Waals surface area (Å²) in [5.74, 6) is -0.406. The zero-order chi connectivity index (χ0) is 13.5. The first-order valence-electron chi connectivity index (χ1n) is 6.09. The normalized spacial score (nSPS) is 24.2. The van der Waals surface area contributed by atoms with E-state index >= 15 is 0 Å². The van der Waals surface area contributed by atoms with Gasteiger partial charge in [0, 0.05) is 30.6 Å². The van der Waals surface area contributed by atoms with Crippen molar-refractivity contribution in [2.75, 3.05) is 7.11 Å². The van der Waals surface area contributed by atoms with E-state index in [1.165, 1.54) is 5.56 Å². The molecular formula is C14H21ClN2O2. The molecule has 1 amide bonds. The van der Waals surface area contributed by atoms with Crippen molar-refractivity contribution in [3.63, 3.8) is 0 Å². The topological polar surface area (TPSA) is 78.3 Å². The number of carbonyl (C=O) groups is 1. The van der Waals surface area contributed by atoms with Crippen LogP contribution in [-0.2, 0) is 16.6 Å². The van der Waals surface area contributed by atoms with E-state index in [1.54, 1.807) is 13.2 Å². The van der Waals surface area contributed by atoms with Crippen LogP contribution >= 0.6 is 12.4 Å². The van der Waals surface area contributed by atoms with Crippen LogP contribution in [0.15, 0.2) is 18.2 Å². The third-order valence-electron chi connectivity index (χ3n) is 4.05. The molecular weight excluding hydrogens is 264 g/mol. The Labute approximate surface area is 119 Å². The van der Waals surface area contributed by atoms with E-state index in [-0.39, 0.29) is 30.0 Å². The number of hydrogen-bond donors (Lipinski definition) is 2. The fourth-order valence-electron chi connectivity index (χ4n) is 2.73. The summed E-state index contributed by atoms with van der Waals surface area (Å²) in [6.45, 7) is 4.15. The average molecular weight is 285 g/mol. The number of benzene rings is 1. The molecule has 106 valence electrons. The van der Waals surface area contributed by atoms with Gasteiger partial charge in [0.05, 0.1) is 6.10 Å². The summed E-state index contributed by atoms with van der Waals surface area (Å²) in [6, 6.07) is 5.48. The molecule has 5 heteroatoms. The zero-order valence-corrected chi connectivity index (χ0v) is 12.3. The highest BCUT2D eigenvalue weighted by atomic mass is 35.5. The first kappa shape index (κ1) is 16.0. The van der Waals surface area contributed by atoms with E-state index in [2.05, 4.69) is 13.8 Å². The molecule has 1 aliphatic carbocycles. The van der Waals surface area contributed by atoms with Crippen molar-refractivity contribution in [1.29, 1.82) is 0 Å². The molecule has 1 aromatic rings. The Bertz CT molecular complexity index is 488. The predicted octanol–water partition coefficient (Wildman–Crippen LogP) is 1.38. The highest BCUT2D eigenvalue weighted by Crippen LogP contribution is 2.37. The number of rotatable bonds is 2. The molecule has 0 aliphatic heterocycles.